The van der Waals surface area contributed by atoms with Gasteiger partial charge in [0.05, 0.1) is 6.07 Å². The molecule has 1 N–H and O–H groups in total. The van der Waals surface area contributed by atoms with Gasteiger partial charge in [0.15, 0.2) is 0 Å². The fourth-order valence-electron chi connectivity index (χ4n) is 4.41. The fourth-order valence-corrected chi connectivity index (χ4v) is 4.41. The molecule has 0 aliphatic heterocycles. The van der Waals surface area contributed by atoms with E-state index in [0.29, 0.717) is 6.04 Å². The van der Waals surface area contributed by atoms with E-state index in [1.54, 1.807) is 0 Å². The summed E-state index contributed by atoms with van der Waals surface area (Å²) < 4.78 is 0. The zero-order chi connectivity index (χ0) is 14.6. The Hall–Kier alpha value is -0.590. The Labute approximate surface area is 124 Å². The van der Waals surface area contributed by atoms with Crippen LogP contribution in [0.5, 0.6) is 0 Å². The standard InChI is InChI=1S/C17H31N3/c1-4-19-17(13-18)11-7-9-15(12-17)20(3)16-10-6-5-8-14(16)2/h14-16,19H,4-12H2,1-3H3. The Balaban J connectivity index is 2.02. The Kier molecular flexibility index (Phi) is 5.46. The smallest absolute Gasteiger partial charge is 0.108 e. The van der Waals surface area contributed by atoms with Crippen LogP contribution < -0.4 is 5.32 Å². The van der Waals surface area contributed by atoms with Crippen molar-refractivity contribution in [2.75, 3.05) is 13.6 Å². The van der Waals surface area contributed by atoms with E-state index in [1.807, 2.05) is 0 Å². The van der Waals surface area contributed by atoms with Crippen molar-refractivity contribution in [2.24, 2.45) is 5.92 Å². The molecule has 2 fully saturated rings. The lowest BCUT2D eigenvalue weighted by atomic mass is 9.77. The van der Waals surface area contributed by atoms with E-state index in [9.17, 15) is 5.26 Å². The average Bonchev–Trinajstić information content (AvgIpc) is 2.47. The average molecular weight is 277 g/mol. The predicted octanol–water partition coefficient (Wildman–Crippen LogP) is 3.31. The van der Waals surface area contributed by atoms with Gasteiger partial charge in [0, 0.05) is 12.1 Å². The minimum Gasteiger partial charge on any atom is -0.300 e. The first kappa shape index (κ1) is 15.8. The van der Waals surface area contributed by atoms with Crippen molar-refractivity contribution in [1.82, 2.24) is 10.2 Å². The van der Waals surface area contributed by atoms with Gasteiger partial charge in [-0.3, -0.25) is 5.32 Å². The fraction of sp³-hybridized carbons (Fsp3) is 0.941. The molecule has 2 aliphatic carbocycles. The van der Waals surface area contributed by atoms with Crippen LogP contribution in [0.3, 0.4) is 0 Å². The molecule has 3 heteroatoms. The first-order valence-corrected chi connectivity index (χ1v) is 8.50. The minimum absolute atomic E-state index is 0.274. The summed E-state index contributed by atoms with van der Waals surface area (Å²) in [5, 5.41) is 13.1. The maximum absolute atomic E-state index is 9.60. The lowest BCUT2D eigenvalue weighted by Crippen LogP contribution is -2.54. The number of nitriles is 1. The number of rotatable bonds is 4. The molecule has 0 heterocycles. The zero-order valence-corrected chi connectivity index (χ0v) is 13.5. The van der Waals surface area contributed by atoms with E-state index in [-0.39, 0.29) is 5.54 Å². The number of nitrogens with zero attached hydrogens (tertiary/aromatic N) is 2. The van der Waals surface area contributed by atoms with Crippen molar-refractivity contribution in [3.8, 4) is 6.07 Å². The molecule has 0 aromatic carbocycles. The molecule has 4 unspecified atom stereocenters. The zero-order valence-electron chi connectivity index (χ0n) is 13.5. The summed E-state index contributed by atoms with van der Waals surface area (Å²) in [4.78, 5) is 2.62. The van der Waals surface area contributed by atoms with Gasteiger partial charge in [-0.2, -0.15) is 5.26 Å². The third-order valence-corrected chi connectivity index (χ3v) is 5.62. The SMILES string of the molecule is CCNC1(C#N)CCCC(N(C)C2CCCCC2C)C1. The van der Waals surface area contributed by atoms with Crippen LogP contribution in [0.25, 0.3) is 0 Å². The summed E-state index contributed by atoms with van der Waals surface area (Å²) in [5.74, 6) is 0.811. The molecule has 0 amide bonds. The predicted molar refractivity (Wildman–Crippen MR) is 83.5 cm³/mol. The molecule has 2 saturated carbocycles. The molecule has 3 nitrogen and oxygen atoms in total. The Morgan fingerprint density at radius 3 is 2.65 bits per heavy atom. The molecule has 0 aromatic rings. The normalized spacial score (nSPS) is 38.6. The van der Waals surface area contributed by atoms with Crippen LogP contribution in [-0.2, 0) is 0 Å². The molecule has 2 rings (SSSR count). The van der Waals surface area contributed by atoms with Crippen LogP contribution in [0.15, 0.2) is 0 Å². The van der Waals surface area contributed by atoms with Gasteiger partial charge in [0.2, 0.25) is 0 Å². The maximum Gasteiger partial charge on any atom is 0.108 e. The van der Waals surface area contributed by atoms with Gasteiger partial charge in [-0.15, -0.1) is 0 Å². The molecule has 0 spiro atoms. The van der Waals surface area contributed by atoms with Crippen LogP contribution >= 0.6 is 0 Å². The van der Waals surface area contributed by atoms with Crippen molar-refractivity contribution in [1.29, 1.82) is 5.26 Å². The summed E-state index contributed by atoms with van der Waals surface area (Å²) in [5.41, 5.74) is -0.274. The summed E-state index contributed by atoms with van der Waals surface area (Å²) in [6.07, 6.45) is 9.94. The largest absolute Gasteiger partial charge is 0.300 e. The van der Waals surface area contributed by atoms with E-state index in [2.05, 4.69) is 37.2 Å². The van der Waals surface area contributed by atoms with E-state index >= 15 is 0 Å². The topological polar surface area (TPSA) is 39.1 Å². The van der Waals surface area contributed by atoms with Gasteiger partial charge >= 0.3 is 0 Å². The molecule has 2 aliphatic rings. The van der Waals surface area contributed by atoms with E-state index in [4.69, 9.17) is 0 Å². The van der Waals surface area contributed by atoms with Gasteiger partial charge in [0.1, 0.15) is 5.54 Å². The van der Waals surface area contributed by atoms with Gasteiger partial charge in [-0.25, -0.2) is 0 Å². The number of nitrogens with one attached hydrogen (secondary N) is 1. The van der Waals surface area contributed by atoms with E-state index in [0.717, 1.165) is 31.3 Å². The third kappa shape index (κ3) is 3.35. The molecule has 114 valence electrons. The third-order valence-electron chi connectivity index (χ3n) is 5.62. The second-order valence-electron chi connectivity index (χ2n) is 6.97. The van der Waals surface area contributed by atoms with Crippen LogP contribution in [0.4, 0.5) is 0 Å². The molecular weight excluding hydrogens is 246 g/mol. The molecule has 0 aromatic heterocycles. The highest BCUT2D eigenvalue weighted by Crippen LogP contribution is 2.35. The highest BCUT2D eigenvalue weighted by molar-refractivity contribution is 5.11. The van der Waals surface area contributed by atoms with E-state index < -0.39 is 0 Å². The van der Waals surface area contributed by atoms with Gasteiger partial charge in [-0.1, -0.05) is 26.7 Å². The lowest BCUT2D eigenvalue weighted by Gasteiger charge is -2.45. The molecule has 0 radical (unpaired) electrons. The van der Waals surface area contributed by atoms with Crippen molar-refractivity contribution in [2.45, 2.75) is 82.8 Å². The first-order valence-electron chi connectivity index (χ1n) is 8.50. The minimum atomic E-state index is -0.274. The molecule has 20 heavy (non-hydrogen) atoms. The second-order valence-corrected chi connectivity index (χ2v) is 6.97. The van der Waals surface area contributed by atoms with E-state index in [1.165, 1.54) is 38.5 Å². The van der Waals surface area contributed by atoms with Gasteiger partial charge in [-0.05, 0) is 58.0 Å². The molecular formula is C17H31N3. The summed E-state index contributed by atoms with van der Waals surface area (Å²) in [6.45, 7) is 5.41. The highest BCUT2D eigenvalue weighted by atomic mass is 15.2. The van der Waals surface area contributed by atoms with Crippen molar-refractivity contribution < 1.29 is 0 Å². The van der Waals surface area contributed by atoms with Crippen molar-refractivity contribution >= 4 is 0 Å². The first-order chi connectivity index (χ1) is 9.62. The summed E-state index contributed by atoms with van der Waals surface area (Å²) >= 11 is 0. The summed E-state index contributed by atoms with van der Waals surface area (Å²) in [7, 11) is 2.30. The molecule has 0 saturated heterocycles. The van der Waals surface area contributed by atoms with Crippen LogP contribution in [0.2, 0.25) is 0 Å². The van der Waals surface area contributed by atoms with Crippen molar-refractivity contribution in [3.05, 3.63) is 0 Å². The summed E-state index contributed by atoms with van der Waals surface area (Å²) in [6, 6.07) is 3.88. The number of hydrogen-bond acceptors (Lipinski definition) is 3. The van der Waals surface area contributed by atoms with Gasteiger partial charge in [0.25, 0.3) is 0 Å². The Morgan fingerprint density at radius 1 is 1.25 bits per heavy atom. The quantitative estimate of drug-likeness (QED) is 0.857. The van der Waals surface area contributed by atoms with Gasteiger partial charge < -0.3 is 4.90 Å². The second kappa shape index (κ2) is 6.91. The monoisotopic (exact) mass is 277 g/mol. The van der Waals surface area contributed by atoms with Crippen LogP contribution in [-0.4, -0.2) is 36.1 Å². The number of hydrogen-bond donors (Lipinski definition) is 1. The van der Waals surface area contributed by atoms with Crippen molar-refractivity contribution in [3.63, 3.8) is 0 Å². The van der Waals surface area contributed by atoms with Crippen LogP contribution in [0.1, 0.15) is 65.2 Å². The molecule has 4 atom stereocenters. The molecule has 0 bridgehead atoms. The maximum atomic E-state index is 9.60. The Bertz CT molecular complexity index is 345. The Morgan fingerprint density at radius 2 is 2.00 bits per heavy atom. The lowest BCUT2D eigenvalue weighted by molar-refractivity contribution is 0.0602. The van der Waals surface area contributed by atoms with Crippen LogP contribution in [0, 0.1) is 17.2 Å². The highest BCUT2D eigenvalue weighted by Gasteiger charge is 2.39.